The molecule has 0 N–H and O–H groups in total. The Kier molecular flexibility index (Phi) is 3.31. The topological polar surface area (TPSA) is 43.6 Å². The number of aromatic nitrogens is 4. The Labute approximate surface area is 185 Å². The third kappa shape index (κ3) is 2.14. The van der Waals surface area contributed by atoms with Crippen LogP contribution < -0.4 is 0 Å². The molecule has 7 rings (SSSR count). The van der Waals surface area contributed by atoms with Crippen LogP contribution in [0.25, 0.3) is 49.7 Å². The predicted molar refractivity (Wildman–Crippen MR) is 129 cm³/mol. The van der Waals surface area contributed by atoms with E-state index in [0.717, 1.165) is 11.0 Å². The van der Waals surface area contributed by atoms with Crippen molar-refractivity contribution < 1.29 is 0 Å². The Hall–Kier alpha value is -4.05. The minimum absolute atomic E-state index is 0.0493. The van der Waals surface area contributed by atoms with Crippen LogP contribution in [-0.2, 0) is 5.41 Å². The van der Waals surface area contributed by atoms with Crippen LogP contribution in [0.15, 0.2) is 85.5 Å². The summed E-state index contributed by atoms with van der Waals surface area (Å²) in [6.07, 6.45) is 3.12. The summed E-state index contributed by atoms with van der Waals surface area (Å²) in [6, 6.07) is 26.5. The molecule has 0 unspecified atom stereocenters. The third-order valence-corrected chi connectivity index (χ3v) is 7.03. The van der Waals surface area contributed by atoms with Crippen LogP contribution in [0.4, 0.5) is 0 Å². The van der Waals surface area contributed by atoms with E-state index in [1.165, 1.54) is 43.8 Å². The van der Waals surface area contributed by atoms with E-state index in [1.54, 1.807) is 12.7 Å². The molecule has 6 aromatic rings. The molecule has 32 heavy (non-hydrogen) atoms. The van der Waals surface area contributed by atoms with Gasteiger partial charge in [-0.05, 0) is 45.8 Å². The van der Waals surface area contributed by atoms with Gasteiger partial charge in [0.1, 0.15) is 12.7 Å². The van der Waals surface area contributed by atoms with E-state index in [2.05, 4.69) is 106 Å². The highest BCUT2D eigenvalue weighted by molar-refractivity contribution is 6.19. The molecule has 0 saturated heterocycles. The van der Waals surface area contributed by atoms with Gasteiger partial charge in [-0.3, -0.25) is 4.57 Å². The molecule has 1 aliphatic carbocycles. The third-order valence-electron chi connectivity index (χ3n) is 7.03. The summed E-state index contributed by atoms with van der Waals surface area (Å²) in [6.45, 7) is 4.65. The highest BCUT2D eigenvalue weighted by Gasteiger charge is 2.35. The zero-order chi connectivity index (χ0) is 21.4. The largest absolute Gasteiger partial charge is 0.277 e. The van der Waals surface area contributed by atoms with E-state index >= 15 is 0 Å². The highest BCUT2D eigenvalue weighted by Crippen LogP contribution is 2.50. The number of nitrogens with zero attached hydrogens (tertiary/aromatic N) is 4. The molecule has 2 heterocycles. The predicted octanol–water partition coefficient (Wildman–Crippen LogP) is 6.43. The Morgan fingerprint density at radius 3 is 2.34 bits per heavy atom. The van der Waals surface area contributed by atoms with Gasteiger partial charge < -0.3 is 0 Å². The quantitative estimate of drug-likeness (QED) is 0.313. The van der Waals surface area contributed by atoms with E-state index in [1.807, 2.05) is 0 Å². The van der Waals surface area contributed by atoms with Crippen molar-refractivity contribution in [2.75, 3.05) is 0 Å². The lowest BCUT2D eigenvalue weighted by Gasteiger charge is -2.22. The van der Waals surface area contributed by atoms with Crippen molar-refractivity contribution >= 4 is 32.6 Å². The first-order chi connectivity index (χ1) is 15.6. The van der Waals surface area contributed by atoms with Crippen molar-refractivity contribution in [3.8, 4) is 17.1 Å². The van der Waals surface area contributed by atoms with Crippen LogP contribution in [0.5, 0.6) is 0 Å². The van der Waals surface area contributed by atoms with E-state index in [9.17, 15) is 0 Å². The molecule has 0 saturated carbocycles. The Morgan fingerprint density at radius 2 is 1.47 bits per heavy atom. The zero-order valence-electron chi connectivity index (χ0n) is 17.9. The average Bonchev–Trinajstić information content (AvgIpc) is 3.29. The van der Waals surface area contributed by atoms with Crippen LogP contribution in [0, 0.1) is 0 Å². The summed E-state index contributed by atoms with van der Waals surface area (Å²) < 4.78 is 2.18. The Balaban J connectivity index is 1.67. The number of rotatable bonds is 1. The normalized spacial score (nSPS) is 14.2. The molecule has 4 nitrogen and oxygen atoms in total. The van der Waals surface area contributed by atoms with Crippen LogP contribution in [0.2, 0.25) is 0 Å². The lowest BCUT2D eigenvalue weighted by molar-refractivity contribution is 0.661. The SMILES string of the molecule is CC1(C)c2ccccc2-c2cc3ccc4c5ccccc5n(-c5ncncn5)c4c3cc21. The molecule has 0 radical (unpaired) electrons. The number of benzene rings is 4. The fraction of sp³-hybridized carbons (Fsp3) is 0.107. The van der Waals surface area contributed by atoms with E-state index in [0.29, 0.717) is 5.95 Å². The molecule has 0 fully saturated rings. The van der Waals surface area contributed by atoms with Crippen molar-refractivity contribution in [3.63, 3.8) is 0 Å². The van der Waals surface area contributed by atoms with Crippen molar-refractivity contribution in [2.24, 2.45) is 0 Å². The van der Waals surface area contributed by atoms with Crippen molar-refractivity contribution in [3.05, 3.63) is 96.6 Å². The molecule has 2 aromatic heterocycles. The molecule has 0 atom stereocenters. The van der Waals surface area contributed by atoms with Gasteiger partial charge in [-0.15, -0.1) is 0 Å². The second-order valence-electron chi connectivity index (χ2n) is 9.04. The molecule has 0 bridgehead atoms. The van der Waals surface area contributed by atoms with E-state index in [-0.39, 0.29) is 5.41 Å². The number of hydrogen-bond acceptors (Lipinski definition) is 3. The Morgan fingerprint density at radius 1 is 0.688 bits per heavy atom. The van der Waals surface area contributed by atoms with Gasteiger partial charge in [0.05, 0.1) is 11.0 Å². The zero-order valence-corrected chi connectivity index (χ0v) is 17.9. The second-order valence-corrected chi connectivity index (χ2v) is 9.04. The first-order valence-corrected chi connectivity index (χ1v) is 10.9. The van der Waals surface area contributed by atoms with E-state index in [4.69, 9.17) is 0 Å². The number of fused-ring (bicyclic) bond motifs is 8. The summed E-state index contributed by atoms with van der Waals surface area (Å²) in [5.74, 6) is 0.641. The molecule has 0 aliphatic heterocycles. The summed E-state index contributed by atoms with van der Waals surface area (Å²) in [5, 5.41) is 4.86. The molecule has 0 amide bonds. The van der Waals surface area contributed by atoms with Crippen molar-refractivity contribution in [2.45, 2.75) is 19.3 Å². The van der Waals surface area contributed by atoms with E-state index < -0.39 is 0 Å². The van der Waals surface area contributed by atoms with Gasteiger partial charge in [0, 0.05) is 21.6 Å². The smallest absolute Gasteiger partial charge is 0.237 e. The fourth-order valence-electron chi connectivity index (χ4n) is 5.54. The van der Waals surface area contributed by atoms with Crippen LogP contribution in [0.1, 0.15) is 25.0 Å². The minimum atomic E-state index is -0.0493. The first kappa shape index (κ1) is 17.6. The fourth-order valence-corrected chi connectivity index (χ4v) is 5.54. The summed E-state index contributed by atoms with van der Waals surface area (Å²) in [5.41, 5.74) is 7.62. The average molecular weight is 412 g/mol. The Bertz CT molecular complexity index is 1690. The second kappa shape index (κ2) is 6.01. The van der Waals surface area contributed by atoms with Gasteiger partial charge in [-0.25, -0.2) is 15.0 Å². The molecule has 4 aromatic carbocycles. The van der Waals surface area contributed by atoms with Crippen LogP contribution in [-0.4, -0.2) is 19.5 Å². The van der Waals surface area contributed by atoms with Crippen LogP contribution in [0.3, 0.4) is 0 Å². The maximum absolute atomic E-state index is 4.50. The lowest BCUT2D eigenvalue weighted by atomic mass is 9.82. The van der Waals surface area contributed by atoms with Crippen LogP contribution >= 0.6 is 0 Å². The number of hydrogen-bond donors (Lipinski definition) is 0. The minimum Gasteiger partial charge on any atom is -0.277 e. The van der Waals surface area contributed by atoms with Gasteiger partial charge in [0.2, 0.25) is 5.95 Å². The summed E-state index contributed by atoms with van der Waals surface area (Å²) >= 11 is 0. The first-order valence-electron chi connectivity index (χ1n) is 10.9. The monoisotopic (exact) mass is 412 g/mol. The molecular weight excluding hydrogens is 392 g/mol. The summed E-state index contributed by atoms with van der Waals surface area (Å²) in [4.78, 5) is 13.0. The van der Waals surface area contributed by atoms with Gasteiger partial charge in [0.15, 0.2) is 0 Å². The van der Waals surface area contributed by atoms with Crippen molar-refractivity contribution in [1.82, 2.24) is 19.5 Å². The van der Waals surface area contributed by atoms with Gasteiger partial charge in [-0.1, -0.05) is 68.4 Å². The molecule has 152 valence electrons. The highest BCUT2D eigenvalue weighted by atomic mass is 15.2. The van der Waals surface area contributed by atoms with Crippen molar-refractivity contribution in [1.29, 1.82) is 0 Å². The number of para-hydroxylation sites is 1. The van der Waals surface area contributed by atoms with Gasteiger partial charge >= 0.3 is 0 Å². The maximum Gasteiger partial charge on any atom is 0.237 e. The molecule has 4 heteroatoms. The standard InChI is InChI=1S/C28H20N4/c1-28(2)23-9-5-3-7-18(23)22-13-17-11-12-20-19-8-4-6-10-25(19)32(27-30-15-29-16-31-27)26(20)21(17)14-24(22)28/h3-16H,1-2H3. The molecular formula is C28H20N4. The maximum atomic E-state index is 4.50. The molecule has 0 spiro atoms. The molecule has 1 aliphatic rings. The van der Waals surface area contributed by atoms with Gasteiger partial charge in [-0.2, -0.15) is 0 Å². The van der Waals surface area contributed by atoms with Gasteiger partial charge in [0.25, 0.3) is 0 Å². The lowest BCUT2D eigenvalue weighted by Crippen LogP contribution is -2.14. The summed E-state index contributed by atoms with van der Waals surface area (Å²) in [7, 11) is 0.